The number of benzene rings is 1. The summed E-state index contributed by atoms with van der Waals surface area (Å²) < 4.78 is 5.42. The summed E-state index contributed by atoms with van der Waals surface area (Å²) in [4.78, 5) is 10.5. The first-order valence-corrected chi connectivity index (χ1v) is 5.25. The van der Waals surface area contributed by atoms with Crippen LogP contribution in [0.3, 0.4) is 0 Å². The third kappa shape index (κ3) is 4.36. The Kier molecular flexibility index (Phi) is 4.86. The number of carbonyl (C=O) groups is 1. The first-order chi connectivity index (χ1) is 7.61. The van der Waals surface area contributed by atoms with Gasteiger partial charge in [-0.05, 0) is 30.2 Å². The fraction of sp³-hybridized carbons (Fsp3) is 0.250. The van der Waals surface area contributed by atoms with E-state index in [1.54, 1.807) is 24.3 Å². The highest BCUT2D eigenvalue weighted by atomic mass is 35.5. The first kappa shape index (κ1) is 12.6. The minimum atomic E-state index is -0.838. The van der Waals surface area contributed by atoms with Gasteiger partial charge in [-0.3, -0.25) is 4.79 Å². The molecule has 0 saturated heterocycles. The van der Waals surface area contributed by atoms with Crippen LogP contribution in [0.1, 0.15) is 12.5 Å². The van der Waals surface area contributed by atoms with Crippen molar-refractivity contribution < 1.29 is 14.6 Å². The molecule has 0 heterocycles. The second-order valence-corrected chi connectivity index (χ2v) is 3.68. The van der Waals surface area contributed by atoms with Crippen LogP contribution in [0.5, 0.6) is 5.75 Å². The molecule has 1 aromatic rings. The molecule has 1 N–H and O–H groups in total. The molecule has 86 valence electrons. The molecule has 1 aromatic carbocycles. The van der Waals surface area contributed by atoms with Crippen LogP contribution >= 0.6 is 11.6 Å². The molecule has 0 bridgehead atoms. The summed E-state index contributed by atoms with van der Waals surface area (Å²) >= 11 is 5.49. The Morgan fingerprint density at radius 1 is 1.44 bits per heavy atom. The highest BCUT2D eigenvalue weighted by molar-refractivity contribution is 6.25. The Hall–Kier alpha value is -1.48. The van der Waals surface area contributed by atoms with Gasteiger partial charge in [0.2, 0.25) is 0 Å². The smallest absolute Gasteiger partial charge is 0.307 e. The molecule has 0 amide bonds. The van der Waals surface area contributed by atoms with Gasteiger partial charge in [-0.15, -0.1) is 0 Å². The van der Waals surface area contributed by atoms with E-state index in [9.17, 15) is 4.79 Å². The Labute approximate surface area is 99.3 Å². The van der Waals surface area contributed by atoms with Crippen LogP contribution in [-0.4, -0.2) is 17.7 Å². The fourth-order valence-corrected chi connectivity index (χ4v) is 1.17. The lowest BCUT2D eigenvalue weighted by molar-refractivity contribution is -0.136. The lowest BCUT2D eigenvalue weighted by Gasteiger charge is -2.06. The van der Waals surface area contributed by atoms with E-state index in [0.29, 0.717) is 12.4 Å². The largest absolute Gasteiger partial charge is 0.489 e. The number of rotatable bonds is 5. The molecule has 0 aromatic heterocycles. The molecular weight excluding hydrogens is 228 g/mol. The van der Waals surface area contributed by atoms with Crippen molar-refractivity contribution in [1.82, 2.24) is 0 Å². The van der Waals surface area contributed by atoms with E-state index in [2.05, 4.69) is 0 Å². The molecule has 1 rings (SSSR count). The second-order valence-electron chi connectivity index (χ2n) is 3.46. The maximum Gasteiger partial charge on any atom is 0.307 e. The Balaban J connectivity index is 2.54. The van der Waals surface area contributed by atoms with Gasteiger partial charge in [0.25, 0.3) is 0 Å². The third-order valence-electron chi connectivity index (χ3n) is 1.93. The molecule has 0 spiro atoms. The van der Waals surface area contributed by atoms with Crippen LogP contribution in [0.2, 0.25) is 0 Å². The Morgan fingerprint density at radius 3 is 2.56 bits per heavy atom. The second kappa shape index (κ2) is 6.18. The van der Waals surface area contributed by atoms with Crippen molar-refractivity contribution in [2.24, 2.45) is 0 Å². The molecular formula is C12H13ClO3. The predicted octanol–water partition coefficient (Wildman–Crippen LogP) is 2.84. The molecule has 3 nitrogen and oxygen atoms in total. The molecule has 16 heavy (non-hydrogen) atoms. The highest BCUT2D eigenvalue weighted by Crippen LogP contribution is 2.13. The van der Waals surface area contributed by atoms with Gasteiger partial charge in [-0.2, -0.15) is 0 Å². The Bertz CT molecular complexity index is 382. The van der Waals surface area contributed by atoms with Crippen molar-refractivity contribution in [2.75, 3.05) is 6.61 Å². The van der Waals surface area contributed by atoms with E-state index in [0.717, 1.165) is 11.1 Å². The maximum absolute atomic E-state index is 10.5. The van der Waals surface area contributed by atoms with Crippen molar-refractivity contribution in [2.45, 2.75) is 13.3 Å². The fourth-order valence-electron chi connectivity index (χ4n) is 1.11. The molecule has 0 aliphatic heterocycles. The zero-order chi connectivity index (χ0) is 12.0. The van der Waals surface area contributed by atoms with E-state index >= 15 is 0 Å². The van der Waals surface area contributed by atoms with Crippen molar-refractivity contribution in [3.05, 3.63) is 40.9 Å². The minimum Gasteiger partial charge on any atom is -0.489 e. The molecule has 0 atom stereocenters. The molecule has 0 aliphatic rings. The van der Waals surface area contributed by atoms with Crippen molar-refractivity contribution in [1.29, 1.82) is 0 Å². The zero-order valence-electron chi connectivity index (χ0n) is 8.94. The number of hydrogen-bond acceptors (Lipinski definition) is 2. The lowest BCUT2D eigenvalue weighted by atomic mass is 10.1. The summed E-state index contributed by atoms with van der Waals surface area (Å²) in [5.41, 5.74) is 3.15. The van der Waals surface area contributed by atoms with Gasteiger partial charge in [0.15, 0.2) is 0 Å². The van der Waals surface area contributed by atoms with E-state index < -0.39 is 5.97 Å². The standard InChI is InChI=1S/C12H13ClO3/c1-9(7-13)8-16-11-4-2-10(3-5-11)6-12(14)15/h2-5,7H,6,8H2,1H3,(H,14,15)/b9-7-. The van der Waals surface area contributed by atoms with Crippen LogP contribution in [0.15, 0.2) is 35.4 Å². The minimum absolute atomic E-state index is 0.0287. The lowest BCUT2D eigenvalue weighted by Crippen LogP contribution is -2.01. The summed E-state index contributed by atoms with van der Waals surface area (Å²) in [7, 11) is 0. The van der Waals surface area contributed by atoms with Crippen LogP contribution in [0.4, 0.5) is 0 Å². The topological polar surface area (TPSA) is 46.5 Å². The number of ether oxygens (including phenoxy) is 1. The van der Waals surface area contributed by atoms with Crippen LogP contribution in [-0.2, 0) is 11.2 Å². The summed E-state index contributed by atoms with van der Waals surface area (Å²) in [5, 5.41) is 8.59. The summed E-state index contributed by atoms with van der Waals surface area (Å²) in [5.74, 6) is -0.137. The first-order valence-electron chi connectivity index (χ1n) is 4.81. The number of carboxylic acid groups (broad SMARTS) is 1. The molecule has 4 heteroatoms. The van der Waals surface area contributed by atoms with Crippen molar-refractivity contribution >= 4 is 17.6 Å². The zero-order valence-corrected chi connectivity index (χ0v) is 9.70. The maximum atomic E-state index is 10.5. The summed E-state index contributed by atoms with van der Waals surface area (Å²) in [6, 6.07) is 6.98. The van der Waals surface area contributed by atoms with Gasteiger partial charge in [-0.1, -0.05) is 23.7 Å². The molecule has 0 aliphatic carbocycles. The summed E-state index contributed by atoms with van der Waals surface area (Å²) in [6.07, 6.45) is 0.0287. The molecule has 0 fully saturated rings. The van der Waals surface area contributed by atoms with E-state index in [4.69, 9.17) is 21.4 Å². The molecule has 0 saturated carbocycles. The van der Waals surface area contributed by atoms with Gasteiger partial charge in [0.05, 0.1) is 6.42 Å². The molecule has 0 unspecified atom stereocenters. The van der Waals surface area contributed by atoms with Gasteiger partial charge in [0, 0.05) is 5.54 Å². The normalized spacial score (nSPS) is 11.2. The SMILES string of the molecule is C/C(=C/Cl)COc1ccc(CC(=O)O)cc1. The van der Waals surface area contributed by atoms with Gasteiger partial charge in [0.1, 0.15) is 12.4 Å². The number of hydrogen-bond donors (Lipinski definition) is 1. The third-order valence-corrected chi connectivity index (χ3v) is 2.30. The van der Waals surface area contributed by atoms with Crippen molar-refractivity contribution in [3.8, 4) is 5.75 Å². The Morgan fingerprint density at radius 2 is 2.06 bits per heavy atom. The highest BCUT2D eigenvalue weighted by Gasteiger charge is 2.00. The van der Waals surface area contributed by atoms with Crippen LogP contribution in [0, 0.1) is 0 Å². The number of halogens is 1. The predicted molar refractivity (Wildman–Crippen MR) is 62.9 cm³/mol. The average molecular weight is 241 g/mol. The van der Waals surface area contributed by atoms with E-state index in [1.807, 2.05) is 6.92 Å². The summed E-state index contributed by atoms with van der Waals surface area (Å²) in [6.45, 7) is 2.30. The van der Waals surface area contributed by atoms with Gasteiger partial charge < -0.3 is 9.84 Å². The number of carboxylic acids is 1. The molecule has 0 radical (unpaired) electrons. The quantitative estimate of drug-likeness (QED) is 0.861. The van der Waals surface area contributed by atoms with Crippen LogP contribution < -0.4 is 4.74 Å². The van der Waals surface area contributed by atoms with Crippen LogP contribution in [0.25, 0.3) is 0 Å². The van der Waals surface area contributed by atoms with Gasteiger partial charge >= 0.3 is 5.97 Å². The van der Waals surface area contributed by atoms with E-state index in [-0.39, 0.29) is 6.42 Å². The van der Waals surface area contributed by atoms with Gasteiger partial charge in [-0.25, -0.2) is 0 Å². The van der Waals surface area contributed by atoms with Crippen molar-refractivity contribution in [3.63, 3.8) is 0 Å². The number of aliphatic carboxylic acids is 1. The van der Waals surface area contributed by atoms with E-state index in [1.165, 1.54) is 5.54 Å². The monoisotopic (exact) mass is 240 g/mol. The average Bonchev–Trinajstić information content (AvgIpc) is 2.27.